The molecule has 0 unspecified atom stereocenters. The van der Waals surface area contributed by atoms with E-state index < -0.39 is 23.9 Å². The summed E-state index contributed by atoms with van der Waals surface area (Å²) in [6.45, 7) is 1.47. The number of nitrogens with zero attached hydrogens (tertiary/aromatic N) is 1. The number of aryl methyl sites for hydroxylation is 1. The normalized spacial score (nSPS) is 11.3. The van der Waals surface area contributed by atoms with Crippen LogP contribution in [0.5, 0.6) is 5.75 Å². The molecule has 4 aromatic rings. The van der Waals surface area contributed by atoms with E-state index in [1.54, 1.807) is 6.92 Å². The van der Waals surface area contributed by atoms with Gasteiger partial charge in [0.2, 0.25) is 0 Å². The van der Waals surface area contributed by atoms with Gasteiger partial charge in [-0.05, 0) is 42.8 Å². The van der Waals surface area contributed by atoms with Crippen molar-refractivity contribution in [3.8, 4) is 5.75 Å². The molecule has 2 amide bonds. The lowest BCUT2D eigenvalue weighted by atomic mass is 10.1. The molecule has 0 radical (unpaired) electrons. The van der Waals surface area contributed by atoms with E-state index in [4.69, 9.17) is 49.7 Å². The Labute approximate surface area is 215 Å². The Morgan fingerprint density at radius 3 is 2.51 bits per heavy atom. The van der Waals surface area contributed by atoms with Crippen LogP contribution >= 0.6 is 46.1 Å². The average molecular weight is 561 g/mol. The number of anilines is 1. The van der Waals surface area contributed by atoms with Gasteiger partial charge in [0.1, 0.15) is 27.8 Å². The molecule has 0 bridgehead atoms. The highest BCUT2D eigenvalue weighted by Crippen LogP contribution is 2.39. The molecule has 0 aliphatic carbocycles. The number of rotatable bonds is 7. The SMILES string of the molecule is Cc1cc(C(F)F)nc2sc(C(N)=O)c(NC(=O)c3ccc(COc4c(Cl)cc(Cl)cc4Cl)o3)c12. The first-order valence-corrected chi connectivity index (χ1v) is 11.7. The first-order chi connectivity index (χ1) is 16.5. The number of nitrogens with one attached hydrogen (secondary N) is 1. The fourth-order valence-corrected chi connectivity index (χ4v) is 5.27. The molecule has 3 heterocycles. The van der Waals surface area contributed by atoms with Gasteiger partial charge in [-0.15, -0.1) is 11.3 Å². The van der Waals surface area contributed by atoms with Crippen molar-refractivity contribution in [2.75, 3.05) is 5.32 Å². The Balaban J connectivity index is 1.57. The molecular weight excluding hydrogens is 547 g/mol. The Morgan fingerprint density at radius 2 is 1.89 bits per heavy atom. The van der Waals surface area contributed by atoms with Gasteiger partial charge in [-0.25, -0.2) is 13.8 Å². The van der Waals surface area contributed by atoms with Gasteiger partial charge in [0.25, 0.3) is 18.2 Å². The lowest BCUT2D eigenvalue weighted by Gasteiger charge is -2.09. The molecule has 0 aliphatic rings. The summed E-state index contributed by atoms with van der Waals surface area (Å²) >= 11 is 18.9. The number of benzene rings is 1. The molecule has 0 atom stereocenters. The number of hydrogen-bond acceptors (Lipinski definition) is 6. The number of aromatic nitrogens is 1. The molecule has 0 saturated heterocycles. The number of thiophene rings is 1. The number of alkyl halides is 2. The summed E-state index contributed by atoms with van der Waals surface area (Å²) in [5.41, 5.74) is 5.47. The Kier molecular flexibility index (Phi) is 7.18. The van der Waals surface area contributed by atoms with E-state index in [-0.39, 0.29) is 49.3 Å². The van der Waals surface area contributed by atoms with E-state index in [1.807, 2.05) is 0 Å². The Hall–Kier alpha value is -2.92. The van der Waals surface area contributed by atoms with Gasteiger partial charge in [0.05, 0.1) is 15.7 Å². The summed E-state index contributed by atoms with van der Waals surface area (Å²) in [5.74, 6) is -1.16. The molecule has 0 aliphatic heterocycles. The maximum atomic E-state index is 13.1. The third-order valence-corrected chi connectivity index (χ3v) is 6.65. The van der Waals surface area contributed by atoms with Crippen LogP contribution in [0.4, 0.5) is 14.5 Å². The highest BCUT2D eigenvalue weighted by molar-refractivity contribution is 7.21. The van der Waals surface area contributed by atoms with Crippen LogP contribution in [0.25, 0.3) is 10.2 Å². The highest BCUT2D eigenvalue weighted by Gasteiger charge is 2.24. The van der Waals surface area contributed by atoms with E-state index in [2.05, 4.69) is 10.3 Å². The number of fused-ring (bicyclic) bond motifs is 1. The maximum absolute atomic E-state index is 13.1. The van der Waals surface area contributed by atoms with Crippen molar-refractivity contribution >= 4 is 73.9 Å². The number of hydrogen-bond donors (Lipinski definition) is 2. The molecule has 35 heavy (non-hydrogen) atoms. The number of carbonyl (C=O) groups is 2. The van der Waals surface area contributed by atoms with Crippen LogP contribution in [0.1, 0.15) is 43.7 Å². The molecule has 1 aromatic carbocycles. The summed E-state index contributed by atoms with van der Waals surface area (Å²) in [4.78, 5) is 28.8. The van der Waals surface area contributed by atoms with Crippen molar-refractivity contribution in [2.45, 2.75) is 20.0 Å². The van der Waals surface area contributed by atoms with Crippen LogP contribution in [-0.2, 0) is 6.61 Å². The van der Waals surface area contributed by atoms with Gasteiger partial charge in [0, 0.05) is 10.4 Å². The summed E-state index contributed by atoms with van der Waals surface area (Å²) in [6.07, 6.45) is -2.79. The van der Waals surface area contributed by atoms with Crippen molar-refractivity contribution in [1.82, 2.24) is 4.98 Å². The number of furan rings is 1. The molecule has 0 saturated carbocycles. The van der Waals surface area contributed by atoms with Crippen molar-refractivity contribution in [1.29, 1.82) is 0 Å². The first kappa shape index (κ1) is 25.2. The van der Waals surface area contributed by atoms with E-state index in [0.29, 0.717) is 16.0 Å². The molecule has 7 nitrogen and oxygen atoms in total. The minimum Gasteiger partial charge on any atom is -0.483 e. The molecular formula is C22H14Cl3F2N3O4S. The van der Waals surface area contributed by atoms with Gasteiger partial charge in [-0.1, -0.05) is 34.8 Å². The molecule has 4 rings (SSSR count). The van der Waals surface area contributed by atoms with E-state index in [9.17, 15) is 18.4 Å². The summed E-state index contributed by atoms with van der Waals surface area (Å²) in [5, 5.41) is 3.67. The van der Waals surface area contributed by atoms with Crippen LogP contribution < -0.4 is 15.8 Å². The van der Waals surface area contributed by atoms with Crippen LogP contribution in [0.15, 0.2) is 34.7 Å². The topological polar surface area (TPSA) is 107 Å². The predicted octanol–water partition coefficient (Wildman–Crippen LogP) is 7.03. The predicted molar refractivity (Wildman–Crippen MR) is 130 cm³/mol. The standard InChI is InChI=1S/C22H14Cl3F2N3O4S/c1-8-4-13(19(26)27)29-22-15(8)16(18(35-22)20(28)31)30-21(32)14-3-2-10(34-14)7-33-17-11(24)5-9(23)6-12(17)25/h2-6,19H,7H2,1H3,(H2,28,31)(H,30,32). The molecule has 0 spiro atoms. The quantitative estimate of drug-likeness (QED) is 0.252. The lowest BCUT2D eigenvalue weighted by Crippen LogP contribution is -2.16. The maximum Gasteiger partial charge on any atom is 0.291 e. The number of ether oxygens (including phenoxy) is 1. The third-order valence-electron chi connectivity index (χ3n) is 4.77. The fourth-order valence-electron chi connectivity index (χ4n) is 3.27. The number of pyridine rings is 1. The van der Waals surface area contributed by atoms with Crippen LogP contribution in [0.2, 0.25) is 15.1 Å². The molecule has 3 N–H and O–H groups in total. The second-order valence-electron chi connectivity index (χ2n) is 7.22. The number of carbonyl (C=O) groups excluding carboxylic acids is 2. The number of nitrogens with two attached hydrogens (primary N) is 1. The molecule has 3 aromatic heterocycles. The summed E-state index contributed by atoms with van der Waals surface area (Å²) in [6, 6.07) is 7.03. The van der Waals surface area contributed by atoms with Crippen LogP contribution in [0, 0.1) is 6.92 Å². The molecule has 13 heteroatoms. The van der Waals surface area contributed by atoms with Crippen molar-refractivity contribution in [2.24, 2.45) is 5.73 Å². The highest BCUT2D eigenvalue weighted by atomic mass is 35.5. The zero-order valence-corrected chi connectivity index (χ0v) is 20.7. The summed E-state index contributed by atoms with van der Waals surface area (Å²) in [7, 11) is 0. The second-order valence-corrected chi connectivity index (χ2v) is 9.47. The van der Waals surface area contributed by atoms with Crippen LogP contribution in [0.3, 0.4) is 0 Å². The minimum atomic E-state index is -2.79. The van der Waals surface area contributed by atoms with Crippen molar-refractivity contribution < 1.29 is 27.5 Å². The third kappa shape index (κ3) is 5.20. The van der Waals surface area contributed by atoms with E-state index in [0.717, 1.165) is 11.3 Å². The van der Waals surface area contributed by atoms with Crippen molar-refractivity contribution in [3.05, 3.63) is 73.1 Å². The van der Waals surface area contributed by atoms with Gasteiger partial charge < -0.3 is 20.2 Å². The zero-order chi connectivity index (χ0) is 25.4. The van der Waals surface area contributed by atoms with E-state index in [1.165, 1.54) is 30.3 Å². The second kappa shape index (κ2) is 9.98. The van der Waals surface area contributed by atoms with E-state index >= 15 is 0 Å². The number of amides is 2. The minimum absolute atomic E-state index is 0.0301. The molecule has 182 valence electrons. The van der Waals surface area contributed by atoms with Crippen molar-refractivity contribution in [3.63, 3.8) is 0 Å². The molecule has 0 fully saturated rings. The monoisotopic (exact) mass is 559 g/mol. The number of halogens is 5. The average Bonchev–Trinajstić information content (AvgIpc) is 3.38. The van der Waals surface area contributed by atoms with Gasteiger partial charge >= 0.3 is 0 Å². The fraction of sp³-hybridized carbons (Fsp3) is 0.136. The Morgan fingerprint density at radius 1 is 1.20 bits per heavy atom. The first-order valence-electron chi connectivity index (χ1n) is 9.74. The summed E-state index contributed by atoms with van der Waals surface area (Å²) < 4.78 is 37.4. The van der Waals surface area contributed by atoms with Gasteiger partial charge in [0.15, 0.2) is 11.5 Å². The Bertz CT molecular complexity index is 1450. The largest absolute Gasteiger partial charge is 0.483 e. The van der Waals surface area contributed by atoms with Crippen LogP contribution in [-0.4, -0.2) is 16.8 Å². The lowest BCUT2D eigenvalue weighted by molar-refractivity contribution is 0.0992. The zero-order valence-electron chi connectivity index (χ0n) is 17.6. The van der Waals surface area contributed by atoms with Gasteiger partial charge in [-0.2, -0.15) is 0 Å². The van der Waals surface area contributed by atoms with Gasteiger partial charge in [-0.3, -0.25) is 9.59 Å². The smallest absolute Gasteiger partial charge is 0.291 e. The number of primary amides is 1.